The highest BCUT2D eigenvalue weighted by Gasteiger charge is 2.15. The highest BCUT2D eigenvalue weighted by Crippen LogP contribution is 2.35. The molecule has 2 nitrogen and oxygen atoms in total. The first kappa shape index (κ1) is 13.2. The molecule has 0 saturated carbocycles. The number of aromatic nitrogens is 1. The molecule has 3 heteroatoms. The highest BCUT2D eigenvalue weighted by molar-refractivity contribution is 7.15. The van der Waals surface area contributed by atoms with E-state index in [0.29, 0.717) is 0 Å². The van der Waals surface area contributed by atoms with Gasteiger partial charge in [0.25, 0.3) is 0 Å². The summed E-state index contributed by atoms with van der Waals surface area (Å²) in [4.78, 5) is 5.95. The van der Waals surface area contributed by atoms with E-state index in [2.05, 4.69) is 50.1 Å². The van der Waals surface area contributed by atoms with Crippen LogP contribution in [-0.4, -0.2) is 12.0 Å². The monoisotopic (exact) mass is 260 g/mol. The average molecular weight is 260 g/mol. The molecule has 18 heavy (non-hydrogen) atoms. The Morgan fingerprint density at radius 3 is 2.28 bits per heavy atom. The van der Waals surface area contributed by atoms with Gasteiger partial charge in [-0.3, -0.25) is 0 Å². The van der Waals surface area contributed by atoms with E-state index in [1.807, 2.05) is 7.05 Å². The van der Waals surface area contributed by atoms with Gasteiger partial charge < -0.3 is 5.32 Å². The Balaban J connectivity index is 2.61. The van der Waals surface area contributed by atoms with E-state index in [1.165, 1.54) is 27.1 Å². The van der Waals surface area contributed by atoms with Crippen molar-refractivity contribution < 1.29 is 0 Å². The van der Waals surface area contributed by atoms with Crippen molar-refractivity contribution in [2.45, 2.75) is 34.2 Å². The third kappa shape index (κ3) is 2.47. The van der Waals surface area contributed by atoms with Crippen molar-refractivity contribution >= 4 is 11.3 Å². The summed E-state index contributed by atoms with van der Waals surface area (Å²) in [6.45, 7) is 9.43. The summed E-state index contributed by atoms with van der Waals surface area (Å²) in [5.41, 5.74) is 6.53. The molecule has 0 atom stereocenters. The molecule has 0 amide bonds. The summed E-state index contributed by atoms with van der Waals surface area (Å²) >= 11 is 1.79. The summed E-state index contributed by atoms with van der Waals surface area (Å²) in [5.74, 6) is 0. The van der Waals surface area contributed by atoms with E-state index in [1.54, 1.807) is 11.3 Å². The van der Waals surface area contributed by atoms with Gasteiger partial charge >= 0.3 is 0 Å². The van der Waals surface area contributed by atoms with Gasteiger partial charge in [0.15, 0.2) is 0 Å². The highest BCUT2D eigenvalue weighted by atomic mass is 32.1. The fourth-order valence-electron chi connectivity index (χ4n) is 2.49. The van der Waals surface area contributed by atoms with Gasteiger partial charge in [0.05, 0.1) is 15.6 Å². The fraction of sp³-hybridized carbons (Fsp3) is 0.400. The number of nitrogens with one attached hydrogen (secondary N) is 1. The van der Waals surface area contributed by atoms with Gasteiger partial charge in [0.2, 0.25) is 0 Å². The van der Waals surface area contributed by atoms with E-state index < -0.39 is 0 Å². The first-order valence-corrected chi connectivity index (χ1v) is 7.03. The lowest BCUT2D eigenvalue weighted by molar-refractivity contribution is 0.796. The summed E-state index contributed by atoms with van der Waals surface area (Å²) in [6, 6.07) is 4.50. The van der Waals surface area contributed by atoms with E-state index in [9.17, 15) is 0 Å². The number of benzene rings is 1. The molecule has 0 aliphatic heterocycles. The minimum Gasteiger partial charge on any atom is -0.314 e. The maximum atomic E-state index is 4.64. The minimum atomic E-state index is 0.826. The normalized spacial score (nSPS) is 10.9. The van der Waals surface area contributed by atoms with Crippen LogP contribution >= 0.6 is 11.3 Å². The molecule has 96 valence electrons. The van der Waals surface area contributed by atoms with Gasteiger partial charge in [0, 0.05) is 6.54 Å². The van der Waals surface area contributed by atoms with Crippen LogP contribution in [0.3, 0.4) is 0 Å². The van der Waals surface area contributed by atoms with Gasteiger partial charge in [-0.25, -0.2) is 4.98 Å². The molecule has 0 spiro atoms. The maximum absolute atomic E-state index is 4.64. The minimum absolute atomic E-state index is 0.826. The van der Waals surface area contributed by atoms with E-state index in [4.69, 9.17) is 0 Å². The van der Waals surface area contributed by atoms with Gasteiger partial charge in [0.1, 0.15) is 0 Å². The van der Waals surface area contributed by atoms with E-state index in [0.717, 1.165) is 17.2 Å². The Kier molecular flexibility index (Phi) is 3.83. The maximum Gasteiger partial charge on any atom is 0.0904 e. The summed E-state index contributed by atoms with van der Waals surface area (Å²) in [6.07, 6.45) is 0. The first-order valence-electron chi connectivity index (χ1n) is 6.22. The quantitative estimate of drug-likeness (QED) is 0.909. The second-order valence-electron chi connectivity index (χ2n) is 4.81. The van der Waals surface area contributed by atoms with Crippen LogP contribution in [0.1, 0.15) is 27.4 Å². The SMILES string of the molecule is CNCc1nc(C)sc1-c1c(C)cc(C)cc1C. The van der Waals surface area contributed by atoms with Crippen molar-refractivity contribution in [2.24, 2.45) is 0 Å². The Morgan fingerprint density at radius 1 is 1.11 bits per heavy atom. The van der Waals surface area contributed by atoms with Crippen LogP contribution in [0.2, 0.25) is 0 Å². The number of rotatable bonds is 3. The smallest absolute Gasteiger partial charge is 0.0904 e. The standard InChI is InChI=1S/C15H20N2S/c1-9-6-10(2)14(11(3)7-9)15-13(8-16-5)17-12(4)18-15/h6-7,16H,8H2,1-5H3. The van der Waals surface area contributed by atoms with Crippen molar-refractivity contribution in [3.63, 3.8) is 0 Å². The predicted molar refractivity (Wildman–Crippen MR) is 79.3 cm³/mol. The van der Waals surface area contributed by atoms with Crippen LogP contribution in [-0.2, 0) is 6.54 Å². The largest absolute Gasteiger partial charge is 0.314 e. The summed E-state index contributed by atoms with van der Waals surface area (Å²) in [5, 5.41) is 4.34. The zero-order chi connectivity index (χ0) is 13.3. The Hall–Kier alpha value is -1.19. The Labute approximate surface area is 113 Å². The molecule has 0 aliphatic carbocycles. The molecule has 2 rings (SSSR count). The number of thiazole rings is 1. The van der Waals surface area contributed by atoms with Crippen LogP contribution < -0.4 is 5.32 Å². The molecule has 0 radical (unpaired) electrons. The molecule has 1 aromatic carbocycles. The van der Waals surface area contributed by atoms with E-state index >= 15 is 0 Å². The zero-order valence-electron chi connectivity index (χ0n) is 11.7. The molecular weight excluding hydrogens is 240 g/mol. The van der Waals surface area contributed by atoms with Crippen LogP contribution in [0.5, 0.6) is 0 Å². The fourth-order valence-corrected chi connectivity index (χ4v) is 3.60. The van der Waals surface area contributed by atoms with Crippen LogP contribution in [0, 0.1) is 27.7 Å². The average Bonchev–Trinajstić information content (AvgIpc) is 2.58. The topological polar surface area (TPSA) is 24.9 Å². The lowest BCUT2D eigenvalue weighted by Gasteiger charge is -2.11. The van der Waals surface area contributed by atoms with Crippen molar-refractivity contribution in [3.05, 3.63) is 39.5 Å². The van der Waals surface area contributed by atoms with E-state index in [-0.39, 0.29) is 0 Å². The molecule has 0 aliphatic rings. The molecule has 0 saturated heterocycles. The van der Waals surface area contributed by atoms with Crippen LogP contribution in [0.25, 0.3) is 10.4 Å². The summed E-state index contributed by atoms with van der Waals surface area (Å²) < 4.78 is 0. The molecule has 0 unspecified atom stereocenters. The van der Waals surface area contributed by atoms with Crippen molar-refractivity contribution in [3.8, 4) is 10.4 Å². The molecule has 0 fully saturated rings. The number of nitrogens with zero attached hydrogens (tertiary/aromatic N) is 1. The lowest BCUT2D eigenvalue weighted by atomic mass is 9.98. The predicted octanol–water partition coefficient (Wildman–Crippen LogP) is 3.76. The molecule has 2 aromatic rings. The van der Waals surface area contributed by atoms with Crippen LogP contribution in [0.15, 0.2) is 12.1 Å². The van der Waals surface area contributed by atoms with Gasteiger partial charge in [-0.1, -0.05) is 17.7 Å². The van der Waals surface area contributed by atoms with Crippen molar-refractivity contribution in [1.82, 2.24) is 10.3 Å². The molecule has 0 bridgehead atoms. The second-order valence-corrected chi connectivity index (χ2v) is 6.02. The summed E-state index contributed by atoms with van der Waals surface area (Å²) in [7, 11) is 1.97. The second kappa shape index (κ2) is 5.21. The number of hydrogen-bond acceptors (Lipinski definition) is 3. The molecular formula is C15H20N2S. The number of hydrogen-bond donors (Lipinski definition) is 1. The van der Waals surface area contributed by atoms with Gasteiger partial charge in [-0.05, 0) is 51.4 Å². The molecule has 1 aromatic heterocycles. The number of aryl methyl sites for hydroxylation is 4. The van der Waals surface area contributed by atoms with Gasteiger partial charge in [-0.2, -0.15) is 0 Å². The van der Waals surface area contributed by atoms with Gasteiger partial charge in [-0.15, -0.1) is 11.3 Å². The molecule has 1 N–H and O–H groups in total. The molecule has 1 heterocycles. The third-order valence-electron chi connectivity index (χ3n) is 3.05. The van der Waals surface area contributed by atoms with Crippen molar-refractivity contribution in [1.29, 1.82) is 0 Å². The van der Waals surface area contributed by atoms with Crippen LogP contribution in [0.4, 0.5) is 0 Å². The zero-order valence-corrected chi connectivity index (χ0v) is 12.5. The Bertz CT molecular complexity index is 547. The third-order valence-corrected chi connectivity index (χ3v) is 4.08. The van der Waals surface area contributed by atoms with Crippen molar-refractivity contribution in [2.75, 3.05) is 7.05 Å². The lowest BCUT2D eigenvalue weighted by Crippen LogP contribution is -2.06. The first-order chi connectivity index (χ1) is 8.52. The Morgan fingerprint density at radius 2 is 1.72 bits per heavy atom.